The highest BCUT2D eigenvalue weighted by Gasteiger charge is 2.07. The predicted octanol–water partition coefficient (Wildman–Crippen LogP) is 0.454. The Labute approximate surface area is 124 Å². The summed E-state index contributed by atoms with van der Waals surface area (Å²) in [5.41, 5.74) is 6.71. The normalized spacial score (nSPS) is 10.7. The molecule has 0 radical (unpaired) electrons. The summed E-state index contributed by atoms with van der Waals surface area (Å²) in [7, 11) is 0. The van der Waals surface area contributed by atoms with E-state index in [1.807, 2.05) is 12.3 Å². The minimum atomic E-state index is 0.128. The average Bonchev–Trinajstić information content (AvgIpc) is 3.10. The maximum atomic E-state index is 5.68. The highest BCUT2D eigenvalue weighted by molar-refractivity contribution is 7.09. The van der Waals surface area contributed by atoms with E-state index < -0.39 is 0 Å². The molecule has 108 valence electrons. The third-order valence-electron chi connectivity index (χ3n) is 2.55. The molecule has 21 heavy (non-hydrogen) atoms. The van der Waals surface area contributed by atoms with Gasteiger partial charge in [0, 0.05) is 24.0 Å². The van der Waals surface area contributed by atoms with Gasteiger partial charge in [-0.15, -0.1) is 11.3 Å². The first kappa shape index (κ1) is 13.4. The van der Waals surface area contributed by atoms with Crippen molar-refractivity contribution >= 4 is 23.2 Å². The van der Waals surface area contributed by atoms with Crippen LogP contribution in [0.1, 0.15) is 10.7 Å². The van der Waals surface area contributed by atoms with Crippen LogP contribution in [-0.4, -0.2) is 41.2 Å². The molecule has 0 spiro atoms. The van der Waals surface area contributed by atoms with Gasteiger partial charge in [-0.25, -0.2) is 9.97 Å². The summed E-state index contributed by atoms with van der Waals surface area (Å²) in [6, 6.07) is 0. The molecule has 0 atom stereocenters. The lowest BCUT2D eigenvalue weighted by Gasteiger charge is -2.06. The number of hydrogen-bond donors (Lipinski definition) is 2. The zero-order chi connectivity index (χ0) is 14.7. The number of rotatable bonds is 5. The summed E-state index contributed by atoms with van der Waals surface area (Å²) in [5, 5.41) is 10.2. The predicted molar refractivity (Wildman–Crippen MR) is 78.2 cm³/mol. The lowest BCUT2D eigenvalue weighted by atomic mass is 10.4. The first-order valence-electron chi connectivity index (χ1n) is 6.22. The van der Waals surface area contributed by atoms with Gasteiger partial charge in [-0.2, -0.15) is 24.7 Å². The molecule has 3 N–H and O–H groups in total. The van der Waals surface area contributed by atoms with Crippen LogP contribution in [0, 0.1) is 6.92 Å². The molecule has 0 aliphatic rings. The van der Waals surface area contributed by atoms with E-state index in [1.54, 1.807) is 11.3 Å². The fourth-order valence-electron chi connectivity index (χ4n) is 1.67. The van der Waals surface area contributed by atoms with Crippen molar-refractivity contribution < 1.29 is 0 Å². The summed E-state index contributed by atoms with van der Waals surface area (Å²) in [5.74, 6) is 0.858. The Kier molecular flexibility index (Phi) is 3.69. The van der Waals surface area contributed by atoms with Crippen molar-refractivity contribution in [3.05, 3.63) is 28.7 Å². The van der Waals surface area contributed by atoms with Crippen molar-refractivity contribution in [3.8, 4) is 5.95 Å². The monoisotopic (exact) mass is 303 g/mol. The third kappa shape index (κ3) is 3.28. The highest BCUT2D eigenvalue weighted by atomic mass is 32.1. The van der Waals surface area contributed by atoms with Gasteiger partial charge in [0.05, 0.1) is 5.01 Å². The quantitative estimate of drug-likeness (QED) is 0.697. The highest BCUT2D eigenvalue weighted by Crippen LogP contribution is 2.10. The van der Waals surface area contributed by atoms with E-state index >= 15 is 0 Å². The molecule has 0 fully saturated rings. The number of aryl methyl sites for hydroxylation is 1. The maximum Gasteiger partial charge on any atom is 0.258 e. The number of nitrogens with two attached hydrogens (primary N) is 1. The van der Waals surface area contributed by atoms with Crippen molar-refractivity contribution in [3.63, 3.8) is 0 Å². The van der Waals surface area contributed by atoms with Crippen molar-refractivity contribution in [2.75, 3.05) is 17.6 Å². The van der Waals surface area contributed by atoms with Gasteiger partial charge in [0.15, 0.2) is 0 Å². The molecule has 3 aromatic heterocycles. The van der Waals surface area contributed by atoms with Crippen molar-refractivity contribution in [1.29, 1.82) is 0 Å². The minimum Gasteiger partial charge on any atom is -0.368 e. The zero-order valence-electron chi connectivity index (χ0n) is 11.3. The van der Waals surface area contributed by atoms with E-state index in [-0.39, 0.29) is 5.95 Å². The van der Waals surface area contributed by atoms with Gasteiger partial charge in [-0.05, 0) is 6.92 Å². The van der Waals surface area contributed by atoms with Crippen LogP contribution in [0.5, 0.6) is 0 Å². The molecule has 0 aromatic carbocycles. The molecule has 0 bridgehead atoms. The largest absolute Gasteiger partial charge is 0.368 e. The standard InChI is InChI=1S/C11H13N9S/c1-7-4-21-8(16-7)2-3-14-10-17-9(12)18-11(19-10)20-6-13-5-15-20/h4-6H,2-3H2,1H3,(H3,12,14,17,18,19). The van der Waals surface area contributed by atoms with E-state index in [4.69, 9.17) is 5.73 Å². The Hall–Kier alpha value is -2.62. The van der Waals surface area contributed by atoms with Crippen LogP contribution >= 0.6 is 11.3 Å². The van der Waals surface area contributed by atoms with Gasteiger partial charge in [0.25, 0.3) is 5.95 Å². The molecule has 0 saturated carbocycles. The molecule has 0 aliphatic carbocycles. The molecular formula is C11H13N9S. The van der Waals surface area contributed by atoms with E-state index in [9.17, 15) is 0 Å². The molecule has 9 nitrogen and oxygen atoms in total. The molecule has 0 amide bonds. The van der Waals surface area contributed by atoms with Crippen molar-refractivity contribution in [2.24, 2.45) is 0 Å². The fourth-order valence-corrected chi connectivity index (χ4v) is 2.45. The maximum absolute atomic E-state index is 5.68. The van der Waals surface area contributed by atoms with Gasteiger partial charge in [0.1, 0.15) is 12.7 Å². The van der Waals surface area contributed by atoms with E-state index in [0.717, 1.165) is 17.1 Å². The van der Waals surface area contributed by atoms with Crippen LogP contribution in [0.25, 0.3) is 5.95 Å². The van der Waals surface area contributed by atoms with Crippen LogP contribution in [0.2, 0.25) is 0 Å². The number of nitrogens with one attached hydrogen (secondary N) is 1. The molecule has 0 unspecified atom stereocenters. The van der Waals surface area contributed by atoms with Crippen LogP contribution in [0.15, 0.2) is 18.0 Å². The summed E-state index contributed by atoms with van der Waals surface area (Å²) in [4.78, 5) is 20.5. The Morgan fingerprint density at radius 2 is 2.19 bits per heavy atom. The molecule has 3 heterocycles. The lowest BCUT2D eigenvalue weighted by Crippen LogP contribution is -2.13. The average molecular weight is 303 g/mol. The molecule has 0 aliphatic heterocycles. The van der Waals surface area contributed by atoms with Gasteiger partial charge < -0.3 is 11.1 Å². The molecule has 10 heteroatoms. The van der Waals surface area contributed by atoms with Crippen molar-refractivity contribution in [2.45, 2.75) is 13.3 Å². The minimum absolute atomic E-state index is 0.128. The van der Waals surface area contributed by atoms with Gasteiger partial charge in [0.2, 0.25) is 11.9 Å². The lowest BCUT2D eigenvalue weighted by molar-refractivity contribution is 0.796. The molecule has 3 aromatic rings. The van der Waals surface area contributed by atoms with Crippen LogP contribution < -0.4 is 11.1 Å². The Bertz CT molecular complexity index is 721. The van der Waals surface area contributed by atoms with Gasteiger partial charge in [-0.3, -0.25) is 0 Å². The number of hydrogen-bond acceptors (Lipinski definition) is 9. The number of thiazole rings is 1. The second-order valence-electron chi connectivity index (χ2n) is 4.22. The first-order chi connectivity index (χ1) is 10.2. The number of aromatic nitrogens is 7. The second kappa shape index (κ2) is 5.79. The van der Waals surface area contributed by atoms with Crippen LogP contribution in [0.4, 0.5) is 11.9 Å². The van der Waals surface area contributed by atoms with E-state index in [2.05, 4.69) is 35.3 Å². The van der Waals surface area contributed by atoms with Crippen molar-refractivity contribution in [1.82, 2.24) is 34.7 Å². The zero-order valence-corrected chi connectivity index (χ0v) is 12.1. The fraction of sp³-hybridized carbons (Fsp3) is 0.273. The topological polar surface area (TPSA) is 120 Å². The summed E-state index contributed by atoms with van der Waals surface area (Å²) >= 11 is 1.64. The Morgan fingerprint density at radius 1 is 1.29 bits per heavy atom. The summed E-state index contributed by atoms with van der Waals surface area (Å²) in [6.45, 7) is 2.64. The second-order valence-corrected chi connectivity index (χ2v) is 5.16. The molecule has 3 rings (SSSR count). The SMILES string of the molecule is Cc1csc(CCNc2nc(N)nc(-n3cncn3)n2)n1. The first-order valence-corrected chi connectivity index (χ1v) is 7.10. The Balaban J connectivity index is 1.68. The van der Waals surface area contributed by atoms with Crippen LogP contribution in [-0.2, 0) is 6.42 Å². The smallest absolute Gasteiger partial charge is 0.258 e. The third-order valence-corrected chi connectivity index (χ3v) is 3.58. The van der Waals surface area contributed by atoms with E-state index in [1.165, 1.54) is 17.3 Å². The summed E-state index contributed by atoms with van der Waals surface area (Å²) < 4.78 is 1.42. The molecule has 0 saturated heterocycles. The Morgan fingerprint density at radius 3 is 2.90 bits per heavy atom. The number of nitrogens with zero attached hydrogens (tertiary/aromatic N) is 7. The van der Waals surface area contributed by atoms with Gasteiger partial charge in [-0.1, -0.05) is 0 Å². The molecular weight excluding hydrogens is 290 g/mol. The van der Waals surface area contributed by atoms with Crippen LogP contribution in [0.3, 0.4) is 0 Å². The number of anilines is 2. The van der Waals surface area contributed by atoms with E-state index in [0.29, 0.717) is 18.4 Å². The van der Waals surface area contributed by atoms with Gasteiger partial charge >= 0.3 is 0 Å². The number of nitrogen functional groups attached to an aromatic ring is 1. The summed E-state index contributed by atoms with van der Waals surface area (Å²) in [6.07, 6.45) is 3.69.